The Morgan fingerprint density at radius 1 is 1.21 bits per heavy atom. The molecule has 0 aliphatic heterocycles. The van der Waals surface area contributed by atoms with E-state index in [0.29, 0.717) is 24.2 Å². The third kappa shape index (κ3) is 2.99. The molecule has 2 unspecified atom stereocenters. The second kappa shape index (κ2) is 6.33. The molecule has 7 atom stereocenters. The molecule has 0 radical (unpaired) electrons. The molecule has 29 heavy (non-hydrogen) atoms. The van der Waals surface area contributed by atoms with Crippen LogP contribution < -0.4 is 0 Å². The summed E-state index contributed by atoms with van der Waals surface area (Å²) in [6.07, 6.45) is 9.67. The minimum Gasteiger partial charge on any atom is -0.462 e. The minimum atomic E-state index is -0.917. The van der Waals surface area contributed by atoms with Crippen LogP contribution in [-0.4, -0.2) is 22.8 Å². The lowest BCUT2D eigenvalue weighted by molar-refractivity contribution is -0.185. The Kier molecular flexibility index (Phi) is 4.56. The van der Waals surface area contributed by atoms with Crippen molar-refractivity contribution in [1.29, 1.82) is 0 Å². The predicted molar refractivity (Wildman–Crippen MR) is 116 cm³/mol. The Labute approximate surface area is 176 Å². The summed E-state index contributed by atoms with van der Waals surface area (Å²) in [6, 6.07) is 0. The van der Waals surface area contributed by atoms with Crippen molar-refractivity contribution in [1.82, 2.24) is 0 Å². The summed E-state index contributed by atoms with van der Waals surface area (Å²) in [5.74, 6) is 1.10. The summed E-state index contributed by atoms with van der Waals surface area (Å²) < 4.78 is 5.81. The minimum absolute atomic E-state index is 0.179. The number of ether oxygens (including phenoxy) is 1. The van der Waals surface area contributed by atoms with E-state index in [1.165, 1.54) is 17.6 Å². The van der Waals surface area contributed by atoms with E-state index in [-0.39, 0.29) is 22.9 Å². The van der Waals surface area contributed by atoms with Gasteiger partial charge in [-0.15, -0.1) is 0 Å². The molecule has 0 bridgehead atoms. The summed E-state index contributed by atoms with van der Waals surface area (Å²) in [4.78, 5) is 12.4. The third-order valence-corrected chi connectivity index (χ3v) is 8.89. The quantitative estimate of drug-likeness (QED) is 0.462. The maximum Gasteiger partial charge on any atom is 0.311 e. The molecule has 4 aliphatic rings. The molecule has 0 amide bonds. The highest BCUT2D eigenvalue weighted by Crippen LogP contribution is 2.67. The maximum absolute atomic E-state index is 12.4. The number of esters is 1. The van der Waals surface area contributed by atoms with Crippen LogP contribution in [0, 0.1) is 34.0 Å². The summed E-state index contributed by atoms with van der Waals surface area (Å²) in [5.41, 5.74) is 1.08. The van der Waals surface area contributed by atoms with E-state index in [1.54, 1.807) is 0 Å². The molecule has 3 nitrogen and oxygen atoms in total. The van der Waals surface area contributed by atoms with Crippen LogP contribution in [0.2, 0.25) is 0 Å². The van der Waals surface area contributed by atoms with E-state index < -0.39 is 11.0 Å². The molecule has 0 heterocycles. The molecule has 3 heteroatoms. The Hall–Kier alpha value is -1.35. The highest BCUT2D eigenvalue weighted by molar-refractivity contribution is 5.75. The predicted octanol–water partition coefficient (Wildman–Crippen LogP) is 5.60. The van der Waals surface area contributed by atoms with Crippen molar-refractivity contribution >= 4 is 5.97 Å². The molecule has 0 spiro atoms. The topological polar surface area (TPSA) is 46.5 Å². The fourth-order valence-corrected chi connectivity index (χ4v) is 7.01. The zero-order chi connectivity index (χ0) is 21.4. The average Bonchev–Trinajstić information content (AvgIpc) is 2.84. The molecular weight excluding hydrogens is 360 g/mol. The van der Waals surface area contributed by atoms with Crippen molar-refractivity contribution in [3.8, 4) is 0 Å². The van der Waals surface area contributed by atoms with Crippen LogP contribution in [0.15, 0.2) is 36.5 Å². The molecule has 0 saturated heterocycles. The number of aliphatic hydroxyl groups is 1. The first-order valence-corrected chi connectivity index (χ1v) is 11.3. The van der Waals surface area contributed by atoms with Gasteiger partial charge in [0.15, 0.2) is 0 Å². The smallest absolute Gasteiger partial charge is 0.311 e. The number of carbonyl (C=O) groups is 1. The van der Waals surface area contributed by atoms with Crippen LogP contribution in [0.4, 0.5) is 0 Å². The largest absolute Gasteiger partial charge is 0.462 e. The van der Waals surface area contributed by atoms with Crippen LogP contribution in [0.3, 0.4) is 0 Å². The van der Waals surface area contributed by atoms with Gasteiger partial charge in [-0.3, -0.25) is 4.79 Å². The zero-order valence-electron chi connectivity index (χ0n) is 18.9. The lowest BCUT2D eigenvalue weighted by atomic mass is 9.45. The summed E-state index contributed by atoms with van der Waals surface area (Å²) in [5, 5.41) is 11.8. The number of carbonyl (C=O) groups excluding carboxylic acids is 1. The molecule has 0 aromatic carbocycles. The van der Waals surface area contributed by atoms with E-state index >= 15 is 0 Å². The fourth-order valence-electron chi connectivity index (χ4n) is 7.01. The molecule has 4 aliphatic carbocycles. The van der Waals surface area contributed by atoms with Gasteiger partial charge in [0.05, 0.1) is 11.0 Å². The first-order valence-electron chi connectivity index (χ1n) is 11.3. The van der Waals surface area contributed by atoms with E-state index in [4.69, 9.17) is 4.74 Å². The number of hydrogen-bond acceptors (Lipinski definition) is 3. The van der Waals surface area contributed by atoms with Gasteiger partial charge < -0.3 is 9.84 Å². The number of allylic oxidation sites excluding steroid dienone is 3. The SMILES string of the molecule is C=C1C[C@@]2(C)CC[C@@H]3[C@@H](C=CC4(O)CC(OC(=O)C(C)(C)C)CC[C@]34C)[C@@H]2C1=C. The highest BCUT2D eigenvalue weighted by atomic mass is 16.5. The van der Waals surface area contributed by atoms with Crippen molar-refractivity contribution in [3.63, 3.8) is 0 Å². The summed E-state index contributed by atoms with van der Waals surface area (Å²) in [6.45, 7) is 19.0. The molecular formula is C26H38O3. The van der Waals surface area contributed by atoms with Crippen LogP contribution in [0.25, 0.3) is 0 Å². The Balaban J connectivity index is 1.62. The van der Waals surface area contributed by atoms with E-state index in [0.717, 1.165) is 25.7 Å². The molecule has 1 N–H and O–H groups in total. The molecule has 0 aromatic heterocycles. The van der Waals surface area contributed by atoms with Gasteiger partial charge in [0.2, 0.25) is 0 Å². The van der Waals surface area contributed by atoms with Crippen LogP contribution in [-0.2, 0) is 9.53 Å². The molecule has 3 saturated carbocycles. The van der Waals surface area contributed by atoms with Crippen LogP contribution in [0.5, 0.6) is 0 Å². The lowest BCUT2D eigenvalue weighted by Gasteiger charge is -2.61. The molecule has 160 valence electrons. The first-order chi connectivity index (χ1) is 13.3. The van der Waals surface area contributed by atoms with Crippen LogP contribution >= 0.6 is 0 Å². The van der Waals surface area contributed by atoms with Crippen molar-refractivity contribution in [2.24, 2.45) is 34.0 Å². The lowest BCUT2D eigenvalue weighted by Crippen LogP contribution is -2.61. The van der Waals surface area contributed by atoms with Crippen molar-refractivity contribution in [3.05, 3.63) is 36.5 Å². The monoisotopic (exact) mass is 398 g/mol. The van der Waals surface area contributed by atoms with Gasteiger partial charge in [-0.05, 0) is 81.6 Å². The normalized spacial score (nSPS) is 46.7. The maximum atomic E-state index is 12.4. The second-order valence-corrected chi connectivity index (χ2v) is 11.9. The first kappa shape index (κ1) is 20.9. The van der Waals surface area contributed by atoms with Crippen molar-refractivity contribution in [2.75, 3.05) is 0 Å². The van der Waals surface area contributed by atoms with Crippen molar-refractivity contribution < 1.29 is 14.6 Å². The third-order valence-electron chi connectivity index (χ3n) is 8.89. The van der Waals surface area contributed by atoms with E-state index in [1.807, 2.05) is 26.8 Å². The number of rotatable bonds is 1. The van der Waals surface area contributed by atoms with E-state index in [2.05, 4.69) is 33.1 Å². The van der Waals surface area contributed by atoms with Gasteiger partial charge in [-0.1, -0.05) is 44.7 Å². The molecule has 4 rings (SSSR count). The molecule has 3 fully saturated rings. The van der Waals surface area contributed by atoms with Gasteiger partial charge in [0, 0.05) is 11.8 Å². The van der Waals surface area contributed by atoms with Gasteiger partial charge >= 0.3 is 5.97 Å². The Morgan fingerprint density at radius 3 is 2.55 bits per heavy atom. The van der Waals surface area contributed by atoms with Gasteiger partial charge in [0.1, 0.15) is 6.10 Å². The second-order valence-electron chi connectivity index (χ2n) is 11.9. The molecule has 0 aromatic rings. The average molecular weight is 399 g/mol. The van der Waals surface area contributed by atoms with Crippen molar-refractivity contribution in [2.45, 2.75) is 84.8 Å². The van der Waals surface area contributed by atoms with Crippen LogP contribution in [0.1, 0.15) is 73.1 Å². The van der Waals surface area contributed by atoms with Gasteiger partial charge in [0.25, 0.3) is 0 Å². The highest BCUT2D eigenvalue weighted by Gasteiger charge is 2.62. The van der Waals surface area contributed by atoms with Gasteiger partial charge in [-0.2, -0.15) is 0 Å². The summed E-state index contributed by atoms with van der Waals surface area (Å²) >= 11 is 0. The number of hydrogen-bond donors (Lipinski definition) is 1. The van der Waals surface area contributed by atoms with Gasteiger partial charge in [-0.25, -0.2) is 0 Å². The standard InChI is InChI=1S/C26H38O3/c1-16-14-24(6)11-10-20-19(21(24)17(16)2)9-13-26(28)15-18(8-12-25(20,26)7)29-22(27)23(3,4)5/h9,13,18-21,28H,1-2,8,10-12,14-15H2,3-7H3/t18?,19-,20-,21+,24-,25-,26?/m1/s1. The fraction of sp³-hybridized carbons (Fsp3) is 0.731. The number of fused-ring (bicyclic) bond motifs is 5. The van der Waals surface area contributed by atoms with E-state index in [9.17, 15) is 9.90 Å². The zero-order valence-corrected chi connectivity index (χ0v) is 18.9. The Morgan fingerprint density at radius 2 is 1.90 bits per heavy atom. The Bertz CT molecular complexity index is 786. The summed E-state index contributed by atoms with van der Waals surface area (Å²) in [7, 11) is 0.